The standard InChI is InChI=1S/C24H32N2O5/c1-22(2)16-29-24(31-30-22)11-9-23(3,10-12-24)21(28)25-14-19-18-7-5-4-6-17(18)8-13-26(19)20(27)15-25/h4-7,19H,8-16H2,1-3H3/t19-,23?,24?/m0/s1. The second kappa shape index (κ2) is 7.29. The summed E-state index contributed by atoms with van der Waals surface area (Å²) < 4.78 is 6.03. The van der Waals surface area contributed by atoms with Gasteiger partial charge in [0, 0.05) is 31.3 Å². The number of hydrogen-bond acceptors (Lipinski definition) is 5. The van der Waals surface area contributed by atoms with Crippen molar-refractivity contribution in [3.8, 4) is 0 Å². The lowest BCUT2D eigenvalue weighted by molar-refractivity contribution is -0.512. The molecule has 3 fully saturated rings. The third-order valence-electron chi connectivity index (χ3n) is 7.47. The van der Waals surface area contributed by atoms with Gasteiger partial charge in [0.05, 0.1) is 19.2 Å². The Morgan fingerprint density at radius 2 is 1.81 bits per heavy atom. The molecule has 0 unspecified atom stereocenters. The molecule has 1 aromatic rings. The predicted octanol–water partition coefficient (Wildman–Crippen LogP) is 2.99. The van der Waals surface area contributed by atoms with Gasteiger partial charge < -0.3 is 14.5 Å². The van der Waals surface area contributed by atoms with Crippen molar-refractivity contribution in [3.05, 3.63) is 35.4 Å². The maximum Gasteiger partial charge on any atom is 0.242 e. The Morgan fingerprint density at radius 1 is 1.06 bits per heavy atom. The van der Waals surface area contributed by atoms with E-state index in [1.165, 1.54) is 11.1 Å². The molecule has 5 rings (SSSR count). The molecule has 0 bridgehead atoms. The van der Waals surface area contributed by atoms with Gasteiger partial charge in [0.1, 0.15) is 5.60 Å². The topological polar surface area (TPSA) is 68.3 Å². The molecule has 1 saturated carbocycles. The second-order valence-electron chi connectivity index (χ2n) is 10.4. The van der Waals surface area contributed by atoms with Crippen LogP contribution in [0.3, 0.4) is 0 Å². The van der Waals surface area contributed by atoms with Crippen molar-refractivity contribution >= 4 is 11.8 Å². The molecule has 1 spiro atoms. The quantitative estimate of drug-likeness (QED) is 0.644. The monoisotopic (exact) mass is 428 g/mol. The number of nitrogens with zero attached hydrogens (tertiary/aromatic N) is 2. The van der Waals surface area contributed by atoms with E-state index in [0.717, 1.165) is 13.0 Å². The average molecular weight is 429 g/mol. The zero-order chi connectivity index (χ0) is 21.9. The molecule has 7 heteroatoms. The SMILES string of the molecule is CC1(C)COC2(CCC(C)(C(=O)N3CC(=O)N4CCc5ccccc5[C@@H]4C3)CC2)OO1. The van der Waals surface area contributed by atoms with Gasteiger partial charge in [0.25, 0.3) is 0 Å². The lowest BCUT2D eigenvalue weighted by Gasteiger charge is -2.50. The van der Waals surface area contributed by atoms with E-state index in [9.17, 15) is 9.59 Å². The summed E-state index contributed by atoms with van der Waals surface area (Å²) in [5.74, 6) is -0.647. The minimum absolute atomic E-state index is 0.0459. The maximum atomic E-state index is 13.6. The number of hydrogen-bond donors (Lipinski definition) is 0. The van der Waals surface area contributed by atoms with Gasteiger partial charge in [-0.15, -0.1) is 0 Å². The van der Waals surface area contributed by atoms with E-state index in [-0.39, 0.29) is 24.4 Å². The Labute approximate surface area is 183 Å². The fraction of sp³-hybridized carbons (Fsp3) is 0.667. The highest BCUT2D eigenvalue weighted by Crippen LogP contribution is 2.47. The zero-order valence-corrected chi connectivity index (χ0v) is 18.7. The molecule has 3 heterocycles. The van der Waals surface area contributed by atoms with Crippen LogP contribution >= 0.6 is 0 Å². The second-order valence-corrected chi connectivity index (χ2v) is 10.4. The van der Waals surface area contributed by atoms with Crippen molar-refractivity contribution in [2.45, 2.75) is 70.3 Å². The fourth-order valence-electron chi connectivity index (χ4n) is 5.38. The third-order valence-corrected chi connectivity index (χ3v) is 7.47. The van der Waals surface area contributed by atoms with Gasteiger partial charge in [-0.1, -0.05) is 31.2 Å². The molecular formula is C24H32N2O5. The van der Waals surface area contributed by atoms with E-state index in [1.54, 1.807) is 4.90 Å². The molecule has 2 saturated heterocycles. The Bertz CT molecular complexity index is 878. The highest BCUT2D eigenvalue weighted by molar-refractivity contribution is 5.89. The van der Waals surface area contributed by atoms with E-state index in [0.29, 0.717) is 38.8 Å². The van der Waals surface area contributed by atoms with Crippen molar-refractivity contribution in [1.82, 2.24) is 9.80 Å². The summed E-state index contributed by atoms with van der Waals surface area (Å²) in [6.07, 6.45) is 3.37. The first-order valence-corrected chi connectivity index (χ1v) is 11.4. The van der Waals surface area contributed by atoms with Crippen LogP contribution in [0.2, 0.25) is 0 Å². The van der Waals surface area contributed by atoms with Crippen molar-refractivity contribution in [1.29, 1.82) is 0 Å². The van der Waals surface area contributed by atoms with Gasteiger partial charge in [0.2, 0.25) is 17.6 Å². The number of carbonyl (C=O) groups excluding carboxylic acids is 2. The summed E-state index contributed by atoms with van der Waals surface area (Å²) in [5, 5.41) is 0. The van der Waals surface area contributed by atoms with Crippen LogP contribution in [0.4, 0.5) is 0 Å². The summed E-state index contributed by atoms with van der Waals surface area (Å²) in [4.78, 5) is 41.5. The molecular weight excluding hydrogens is 396 g/mol. The lowest BCUT2D eigenvalue weighted by atomic mass is 9.72. The first-order valence-electron chi connectivity index (χ1n) is 11.4. The molecule has 0 aromatic heterocycles. The van der Waals surface area contributed by atoms with Gasteiger partial charge in [0.15, 0.2) is 0 Å². The summed E-state index contributed by atoms with van der Waals surface area (Å²) in [6, 6.07) is 8.24. The van der Waals surface area contributed by atoms with Crippen molar-refractivity contribution in [2.24, 2.45) is 5.41 Å². The average Bonchev–Trinajstić information content (AvgIpc) is 2.77. The van der Waals surface area contributed by atoms with Crippen LogP contribution in [0.5, 0.6) is 0 Å². The molecule has 1 aliphatic carbocycles. The summed E-state index contributed by atoms with van der Waals surface area (Å²) in [7, 11) is 0. The summed E-state index contributed by atoms with van der Waals surface area (Å²) >= 11 is 0. The Kier molecular flexibility index (Phi) is 4.92. The predicted molar refractivity (Wildman–Crippen MR) is 113 cm³/mol. The van der Waals surface area contributed by atoms with Crippen molar-refractivity contribution in [2.75, 3.05) is 26.2 Å². The number of fused-ring (bicyclic) bond motifs is 3. The van der Waals surface area contributed by atoms with E-state index in [4.69, 9.17) is 14.5 Å². The number of rotatable bonds is 1. The van der Waals surface area contributed by atoms with Crippen LogP contribution in [0, 0.1) is 5.41 Å². The summed E-state index contributed by atoms with van der Waals surface area (Å²) in [5.41, 5.74) is 1.47. The minimum Gasteiger partial charge on any atom is -0.344 e. The third kappa shape index (κ3) is 3.66. The van der Waals surface area contributed by atoms with Gasteiger partial charge >= 0.3 is 0 Å². The van der Waals surface area contributed by atoms with Crippen LogP contribution in [-0.4, -0.2) is 59.2 Å². The molecule has 7 nitrogen and oxygen atoms in total. The molecule has 31 heavy (non-hydrogen) atoms. The Balaban J connectivity index is 1.29. The lowest BCUT2D eigenvalue weighted by Crippen LogP contribution is -2.59. The molecule has 0 radical (unpaired) electrons. The van der Waals surface area contributed by atoms with Crippen LogP contribution in [0.15, 0.2) is 24.3 Å². The molecule has 2 amide bonds. The molecule has 4 aliphatic rings. The maximum absolute atomic E-state index is 13.6. The largest absolute Gasteiger partial charge is 0.344 e. The first-order chi connectivity index (χ1) is 14.7. The number of carbonyl (C=O) groups is 2. The molecule has 3 aliphatic heterocycles. The van der Waals surface area contributed by atoms with E-state index < -0.39 is 16.8 Å². The normalized spacial score (nSPS) is 34.9. The van der Waals surface area contributed by atoms with Crippen molar-refractivity contribution < 1.29 is 24.1 Å². The van der Waals surface area contributed by atoms with E-state index in [2.05, 4.69) is 12.1 Å². The van der Waals surface area contributed by atoms with Gasteiger partial charge in [-0.3, -0.25) is 9.59 Å². The minimum atomic E-state index is -0.758. The van der Waals surface area contributed by atoms with E-state index >= 15 is 0 Å². The zero-order valence-electron chi connectivity index (χ0n) is 18.7. The van der Waals surface area contributed by atoms with Gasteiger partial charge in [-0.25, -0.2) is 9.78 Å². The molecule has 1 aromatic carbocycles. The smallest absolute Gasteiger partial charge is 0.242 e. The van der Waals surface area contributed by atoms with Crippen LogP contribution in [0.1, 0.15) is 63.6 Å². The van der Waals surface area contributed by atoms with Gasteiger partial charge in [-0.2, -0.15) is 0 Å². The highest BCUT2D eigenvalue weighted by Gasteiger charge is 2.52. The number of piperazine rings is 1. The van der Waals surface area contributed by atoms with Crippen molar-refractivity contribution in [3.63, 3.8) is 0 Å². The Morgan fingerprint density at radius 3 is 2.52 bits per heavy atom. The summed E-state index contributed by atoms with van der Waals surface area (Å²) in [6.45, 7) is 7.80. The highest BCUT2D eigenvalue weighted by atomic mass is 17.2. The fourth-order valence-corrected chi connectivity index (χ4v) is 5.38. The molecule has 0 N–H and O–H groups in total. The number of ether oxygens (including phenoxy) is 1. The van der Waals surface area contributed by atoms with Crippen LogP contribution < -0.4 is 0 Å². The van der Waals surface area contributed by atoms with E-state index in [1.807, 2.05) is 37.8 Å². The van der Waals surface area contributed by atoms with Crippen LogP contribution in [0.25, 0.3) is 0 Å². The first kappa shape index (κ1) is 20.9. The number of amides is 2. The van der Waals surface area contributed by atoms with Gasteiger partial charge in [-0.05, 0) is 44.2 Å². The molecule has 168 valence electrons. The Hall–Kier alpha value is -1.96. The molecule has 1 atom stereocenters. The van der Waals surface area contributed by atoms with Crippen LogP contribution in [-0.2, 0) is 30.5 Å². The number of benzene rings is 1.